The quantitative estimate of drug-likeness (QED) is 0.816. The first kappa shape index (κ1) is 10.8. The number of aromatic amines is 1. The molecule has 0 saturated carbocycles. The van der Waals surface area contributed by atoms with E-state index in [-0.39, 0.29) is 6.04 Å². The molecule has 16 heavy (non-hydrogen) atoms. The van der Waals surface area contributed by atoms with E-state index in [2.05, 4.69) is 34.0 Å². The van der Waals surface area contributed by atoms with Crippen LogP contribution in [0.25, 0.3) is 11.4 Å². The van der Waals surface area contributed by atoms with Gasteiger partial charge in [0.2, 0.25) is 0 Å². The fourth-order valence-electron chi connectivity index (χ4n) is 1.37. The average Bonchev–Trinajstić information content (AvgIpc) is 2.78. The van der Waals surface area contributed by atoms with Crippen LogP contribution in [0.15, 0.2) is 24.5 Å². The van der Waals surface area contributed by atoms with Gasteiger partial charge in [-0.1, -0.05) is 13.8 Å². The van der Waals surface area contributed by atoms with Gasteiger partial charge < -0.3 is 5.73 Å². The van der Waals surface area contributed by atoms with E-state index in [9.17, 15) is 0 Å². The highest BCUT2D eigenvalue weighted by Gasteiger charge is 2.15. The Labute approximate surface area is 94.1 Å². The number of nitrogens with one attached hydrogen (secondary N) is 1. The van der Waals surface area contributed by atoms with Gasteiger partial charge >= 0.3 is 0 Å². The summed E-state index contributed by atoms with van der Waals surface area (Å²) in [5.74, 6) is 1.72. The zero-order valence-corrected chi connectivity index (χ0v) is 9.38. The molecule has 3 N–H and O–H groups in total. The van der Waals surface area contributed by atoms with Crippen LogP contribution in [0.5, 0.6) is 0 Å². The minimum absolute atomic E-state index is 0.108. The average molecular weight is 217 g/mol. The van der Waals surface area contributed by atoms with Crippen LogP contribution >= 0.6 is 0 Å². The molecule has 0 saturated heterocycles. The SMILES string of the molecule is CC(C)C(N)c1nc(-c2ccncc2)n[nH]1. The molecule has 2 aromatic heterocycles. The van der Waals surface area contributed by atoms with Crippen LogP contribution in [0, 0.1) is 5.92 Å². The lowest BCUT2D eigenvalue weighted by Crippen LogP contribution is -2.18. The number of nitrogens with two attached hydrogens (primary N) is 1. The first-order valence-electron chi connectivity index (χ1n) is 5.26. The highest BCUT2D eigenvalue weighted by Crippen LogP contribution is 2.18. The Bertz CT molecular complexity index is 448. The minimum Gasteiger partial charge on any atom is -0.321 e. The summed E-state index contributed by atoms with van der Waals surface area (Å²) in [4.78, 5) is 8.33. The molecule has 0 amide bonds. The molecular formula is C11H15N5. The Balaban J connectivity index is 2.27. The summed E-state index contributed by atoms with van der Waals surface area (Å²) < 4.78 is 0. The second-order valence-electron chi connectivity index (χ2n) is 4.05. The molecule has 5 nitrogen and oxygen atoms in total. The number of H-pyrrole nitrogens is 1. The van der Waals surface area contributed by atoms with E-state index in [0.717, 1.165) is 11.4 Å². The van der Waals surface area contributed by atoms with Gasteiger partial charge in [0.05, 0.1) is 6.04 Å². The van der Waals surface area contributed by atoms with E-state index in [1.54, 1.807) is 12.4 Å². The van der Waals surface area contributed by atoms with Gasteiger partial charge in [0.25, 0.3) is 0 Å². The lowest BCUT2D eigenvalue weighted by Gasteiger charge is -2.10. The van der Waals surface area contributed by atoms with Crippen molar-refractivity contribution in [3.05, 3.63) is 30.4 Å². The van der Waals surface area contributed by atoms with E-state index in [0.29, 0.717) is 11.7 Å². The summed E-state index contributed by atoms with van der Waals surface area (Å²) in [5, 5.41) is 7.02. The molecule has 1 unspecified atom stereocenters. The molecule has 2 rings (SSSR count). The Kier molecular flexibility index (Phi) is 2.96. The molecule has 2 heterocycles. The van der Waals surface area contributed by atoms with E-state index < -0.39 is 0 Å². The first-order valence-corrected chi connectivity index (χ1v) is 5.26. The molecular weight excluding hydrogens is 202 g/mol. The van der Waals surface area contributed by atoms with Gasteiger partial charge in [0.15, 0.2) is 5.82 Å². The fourth-order valence-corrected chi connectivity index (χ4v) is 1.37. The Hall–Kier alpha value is -1.75. The lowest BCUT2D eigenvalue weighted by molar-refractivity contribution is 0.492. The number of aromatic nitrogens is 4. The monoisotopic (exact) mass is 217 g/mol. The largest absolute Gasteiger partial charge is 0.321 e. The van der Waals surface area contributed by atoms with Gasteiger partial charge in [-0.3, -0.25) is 10.1 Å². The molecule has 0 fully saturated rings. The van der Waals surface area contributed by atoms with Gasteiger partial charge in [0, 0.05) is 18.0 Å². The second kappa shape index (κ2) is 4.40. The van der Waals surface area contributed by atoms with Gasteiger partial charge in [0.1, 0.15) is 5.82 Å². The number of nitrogens with zero attached hydrogens (tertiary/aromatic N) is 3. The standard InChI is InChI=1S/C11H15N5/c1-7(2)9(12)11-14-10(15-16-11)8-3-5-13-6-4-8/h3-7,9H,12H2,1-2H3,(H,14,15,16). The van der Waals surface area contributed by atoms with Gasteiger partial charge in [-0.15, -0.1) is 0 Å². The third kappa shape index (κ3) is 2.09. The molecule has 0 radical (unpaired) electrons. The van der Waals surface area contributed by atoms with Crippen LogP contribution in [0.1, 0.15) is 25.7 Å². The second-order valence-corrected chi connectivity index (χ2v) is 4.05. The Morgan fingerprint density at radius 1 is 1.25 bits per heavy atom. The van der Waals surface area contributed by atoms with E-state index >= 15 is 0 Å². The van der Waals surface area contributed by atoms with E-state index in [4.69, 9.17) is 5.73 Å². The van der Waals surface area contributed by atoms with Crippen LogP contribution < -0.4 is 5.73 Å². The zero-order valence-electron chi connectivity index (χ0n) is 9.38. The molecule has 5 heteroatoms. The van der Waals surface area contributed by atoms with Crippen molar-refractivity contribution in [1.29, 1.82) is 0 Å². The number of rotatable bonds is 3. The van der Waals surface area contributed by atoms with Gasteiger partial charge in [-0.05, 0) is 18.1 Å². The van der Waals surface area contributed by atoms with Crippen molar-refractivity contribution in [2.75, 3.05) is 0 Å². The molecule has 2 aromatic rings. The molecule has 1 atom stereocenters. The summed E-state index contributed by atoms with van der Waals surface area (Å²) >= 11 is 0. The number of hydrogen-bond donors (Lipinski definition) is 2. The van der Waals surface area contributed by atoms with Crippen LogP contribution in [-0.4, -0.2) is 20.2 Å². The van der Waals surface area contributed by atoms with E-state index in [1.807, 2.05) is 12.1 Å². The maximum atomic E-state index is 5.98. The predicted molar refractivity (Wildman–Crippen MR) is 61.4 cm³/mol. The number of pyridine rings is 1. The number of hydrogen-bond acceptors (Lipinski definition) is 4. The molecule has 84 valence electrons. The summed E-state index contributed by atoms with van der Waals surface area (Å²) in [6.45, 7) is 4.11. The highest BCUT2D eigenvalue weighted by atomic mass is 15.2. The Morgan fingerprint density at radius 3 is 2.56 bits per heavy atom. The van der Waals surface area contributed by atoms with Crippen molar-refractivity contribution >= 4 is 0 Å². The molecule has 0 spiro atoms. The van der Waals surface area contributed by atoms with E-state index in [1.165, 1.54) is 0 Å². The van der Waals surface area contributed by atoms with Crippen molar-refractivity contribution in [1.82, 2.24) is 20.2 Å². The lowest BCUT2D eigenvalue weighted by atomic mass is 10.1. The normalized spacial score (nSPS) is 13.0. The van der Waals surface area contributed by atoms with Crippen LogP contribution in [0.3, 0.4) is 0 Å². The van der Waals surface area contributed by atoms with Crippen molar-refractivity contribution < 1.29 is 0 Å². The van der Waals surface area contributed by atoms with Crippen LogP contribution in [-0.2, 0) is 0 Å². The third-order valence-electron chi connectivity index (χ3n) is 2.48. The molecule has 0 aliphatic heterocycles. The van der Waals surface area contributed by atoms with Crippen LogP contribution in [0.4, 0.5) is 0 Å². The fraction of sp³-hybridized carbons (Fsp3) is 0.364. The highest BCUT2D eigenvalue weighted by molar-refractivity contribution is 5.52. The molecule has 0 aromatic carbocycles. The molecule has 0 aliphatic carbocycles. The predicted octanol–water partition coefficient (Wildman–Crippen LogP) is 1.52. The maximum Gasteiger partial charge on any atom is 0.181 e. The Morgan fingerprint density at radius 2 is 1.94 bits per heavy atom. The van der Waals surface area contributed by atoms with Gasteiger partial charge in [-0.2, -0.15) is 5.10 Å². The van der Waals surface area contributed by atoms with Crippen LogP contribution in [0.2, 0.25) is 0 Å². The molecule has 0 aliphatic rings. The smallest absolute Gasteiger partial charge is 0.181 e. The van der Waals surface area contributed by atoms with Crippen molar-refractivity contribution in [3.63, 3.8) is 0 Å². The maximum absolute atomic E-state index is 5.98. The topological polar surface area (TPSA) is 80.5 Å². The molecule has 0 bridgehead atoms. The summed E-state index contributed by atoms with van der Waals surface area (Å²) in [6, 6.07) is 3.63. The van der Waals surface area contributed by atoms with Crippen molar-refractivity contribution in [2.45, 2.75) is 19.9 Å². The first-order chi connectivity index (χ1) is 7.68. The summed E-state index contributed by atoms with van der Waals surface area (Å²) in [6.07, 6.45) is 3.43. The third-order valence-corrected chi connectivity index (χ3v) is 2.48. The van der Waals surface area contributed by atoms with Crippen molar-refractivity contribution in [2.24, 2.45) is 11.7 Å². The summed E-state index contributed by atoms with van der Waals surface area (Å²) in [7, 11) is 0. The summed E-state index contributed by atoms with van der Waals surface area (Å²) in [5.41, 5.74) is 6.92. The van der Waals surface area contributed by atoms with Crippen molar-refractivity contribution in [3.8, 4) is 11.4 Å². The van der Waals surface area contributed by atoms with Gasteiger partial charge in [-0.25, -0.2) is 4.98 Å². The zero-order chi connectivity index (χ0) is 11.5. The minimum atomic E-state index is -0.108.